The maximum atomic E-state index is 12.5. The van der Waals surface area contributed by atoms with E-state index in [4.69, 9.17) is 10.6 Å². The molecule has 116 valence electrons. The molecule has 0 saturated carbocycles. The van der Waals surface area contributed by atoms with Crippen LogP contribution in [0.2, 0.25) is 0 Å². The number of benzene rings is 1. The number of hydrogen-bond donors (Lipinski definition) is 2. The molecule has 21 heavy (non-hydrogen) atoms. The Kier molecular flexibility index (Phi) is 4.42. The Morgan fingerprint density at radius 2 is 2.24 bits per heavy atom. The summed E-state index contributed by atoms with van der Waals surface area (Å²) in [4.78, 5) is 10.1. The van der Waals surface area contributed by atoms with E-state index in [1.807, 2.05) is 0 Å². The zero-order valence-electron chi connectivity index (χ0n) is 11.4. The molecule has 1 atom stereocenters. The third-order valence-corrected chi connectivity index (χ3v) is 5.32. The second kappa shape index (κ2) is 5.93. The van der Waals surface area contributed by atoms with Crippen molar-refractivity contribution in [1.29, 1.82) is 0 Å². The highest BCUT2D eigenvalue weighted by molar-refractivity contribution is 7.89. The van der Waals surface area contributed by atoms with E-state index in [1.54, 1.807) is 0 Å². The zero-order valence-corrected chi connectivity index (χ0v) is 12.2. The fraction of sp³-hybridized carbons (Fsp3) is 0.455. The van der Waals surface area contributed by atoms with Crippen LogP contribution in [0.25, 0.3) is 0 Å². The summed E-state index contributed by atoms with van der Waals surface area (Å²) in [5.74, 6) is 5.22. The predicted molar refractivity (Wildman–Crippen MR) is 75.1 cm³/mol. The molecule has 9 nitrogen and oxygen atoms in total. The van der Waals surface area contributed by atoms with E-state index in [2.05, 4.69) is 5.43 Å². The van der Waals surface area contributed by atoms with Crippen molar-refractivity contribution in [3.63, 3.8) is 0 Å². The van der Waals surface area contributed by atoms with Gasteiger partial charge in [-0.05, 0) is 18.6 Å². The van der Waals surface area contributed by atoms with E-state index in [1.165, 1.54) is 17.4 Å². The zero-order chi connectivity index (χ0) is 15.6. The van der Waals surface area contributed by atoms with E-state index in [0.29, 0.717) is 19.6 Å². The number of sulfonamides is 1. The lowest BCUT2D eigenvalue weighted by atomic mass is 10.3. The van der Waals surface area contributed by atoms with Gasteiger partial charge in [-0.3, -0.25) is 16.0 Å². The first kappa shape index (κ1) is 15.6. The number of hydrazine groups is 1. The standard InChI is InChI=1S/C11H16N4O5S/c1-14(8-4-5-20-7-8)21(18,19)9-2-3-11(15(16)17)10(6-9)13-12/h2-3,6,8,13H,4-5,7,12H2,1H3. The lowest BCUT2D eigenvalue weighted by Gasteiger charge is -2.22. The Morgan fingerprint density at radius 3 is 2.76 bits per heavy atom. The fourth-order valence-corrected chi connectivity index (χ4v) is 3.52. The average molecular weight is 316 g/mol. The van der Waals surface area contributed by atoms with Crippen LogP contribution >= 0.6 is 0 Å². The number of nitro benzene ring substituents is 1. The van der Waals surface area contributed by atoms with E-state index in [9.17, 15) is 18.5 Å². The van der Waals surface area contributed by atoms with Gasteiger partial charge in [-0.15, -0.1) is 0 Å². The number of nitrogens with zero attached hydrogens (tertiary/aromatic N) is 2. The van der Waals surface area contributed by atoms with Crippen molar-refractivity contribution in [2.75, 3.05) is 25.7 Å². The van der Waals surface area contributed by atoms with Crippen LogP contribution in [0.3, 0.4) is 0 Å². The average Bonchev–Trinajstić information content (AvgIpc) is 2.99. The number of nitrogens with two attached hydrogens (primary N) is 1. The Morgan fingerprint density at radius 1 is 1.52 bits per heavy atom. The topological polar surface area (TPSA) is 128 Å². The number of nitrogen functional groups attached to an aromatic ring is 1. The van der Waals surface area contributed by atoms with Crippen molar-refractivity contribution < 1.29 is 18.1 Å². The molecule has 1 heterocycles. The molecule has 10 heteroatoms. The molecule has 1 saturated heterocycles. The van der Waals surface area contributed by atoms with Crippen LogP contribution in [0.1, 0.15) is 6.42 Å². The molecular formula is C11H16N4O5S. The molecule has 1 unspecified atom stereocenters. The van der Waals surface area contributed by atoms with Gasteiger partial charge in [0.1, 0.15) is 5.69 Å². The summed E-state index contributed by atoms with van der Waals surface area (Å²) in [6.45, 7) is 0.852. The largest absolute Gasteiger partial charge is 0.380 e. The molecular weight excluding hydrogens is 300 g/mol. The SMILES string of the molecule is CN(C1CCOC1)S(=O)(=O)c1ccc([N+](=O)[O-])c(NN)c1. The van der Waals surface area contributed by atoms with E-state index >= 15 is 0 Å². The predicted octanol–water partition coefficient (Wildman–Crippen LogP) is 0.290. The van der Waals surface area contributed by atoms with Crippen LogP contribution in [0.4, 0.5) is 11.4 Å². The highest BCUT2D eigenvalue weighted by Gasteiger charge is 2.31. The molecule has 0 spiro atoms. The van der Waals surface area contributed by atoms with E-state index in [0.717, 1.165) is 12.1 Å². The van der Waals surface area contributed by atoms with Gasteiger partial charge < -0.3 is 10.2 Å². The Balaban J connectivity index is 2.38. The number of ether oxygens (including phenoxy) is 1. The molecule has 0 bridgehead atoms. The Hall–Kier alpha value is -1.75. The normalized spacial score (nSPS) is 18.9. The van der Waals surface area contributed by atoms with Crippen molar-refractivity contribution in [3.8, 4) is 0 Å². The lowest BCUT2D eigenvalue weighted by Crippen LogP contribution is -2.37. The summed E-state index contributed by atoms with van der Waals surface area (Å²) in [6.07, 6.45) is 0.616. The van der Waals surface area contributed by atoms with Gasteiger partial charge >= 0.3 is 0 Å². The Labute approximate surface area is 121 Å². The molecule has 0 radical (unpaired) electrons. The quantitative estimate of drug-likeness (QED) is 0.454. The van der Waals surface area contributed by atoms with Gasteiger partial charge in [-0.25, -0.2) is 8.42 Å². The first-order valence-corrected chi connectivity index (χ1v) is 7.62. The van der Waals surface area contributed by atoms with Crippen molar-refractivity contribution in [2.24, 2.45) is 5.84 Å². The van der Waals surface area contributed by atoms with Crippen LogP contribution in [0.15, 0.2) is 23.1 Å². The molecule has 0 aliphatic carbocycles. The molecule has 0 amide bonds. The maximum absolute atomic E-state index is 12.5. The number of nitro groups is 1. The van der Waals surface area contributed by atoms with Gasteiger partial charge in [0.2, 0.25) is 10.0 Å². The van der Waals surface area contributed by atoms with E-state index in [-0.39, 0.29) is 22.3 Å². The summed E-state index contributed by atoms with van der Waals surface area (Å²) in [6, 6.07) is 3.22. The number of hydrogen-bond acceptors (Lipinski definition) is 7. The smallest absolute Gasteiger partial charge is 0.293 e. The van der Waals surface area contributed by atoms with Crippen molar-refractivity contribution in [1.82, 2.24) is 4.31 Å². The van der Waals surface area contributed by atoms with Crippen LogP contribution in [-0.4, -0.2) is 43.9 Å². The number of nitrogens with one attached hydrogen (secondary N) is 1. The molecule has 1 aliphatic heterocycles. The number of rotatable bonds is 5. The van der Waals surface area contributed by atoms with Crippen molar-refractivity contribution >= 4 is 21.4 Å². The monoisotopic (exact) mass is 316 g/mol. The van der Waals surface area contributed by atoms with E-state index < -0.39 is 14.9 Å². The van der Waals surface area contributed by atoms with Gasteiger partial charge in [0.05, 0.1) is 22.5 Å². The van der Waals surface area contributed by atoms with Crippen LogP contribution in [0.5, 0.6) is 0 Å². The van der Waals surface area contributed by atoms with Crippen LogP contribution in [0, 0.1) is 10.1 Å². The molecule has 0 aromatic heterocycles. The van der Waals surface area contributed by atoms with Gasteiger partial charge in [0, 0.05) is 19.7 Å². The van der Waals surface area contributed by atoms with Crippen molar-refractivity contribution in [3.05, 3.63) is 28.3 Å². The minimum atomic E-state index is -3.76. The van der Waals surface area contributed by atoms with Crippen molar-refractivity contribution in [2.45, 2.75) is 17.4 Å². The van der Waals surface area contributed by atoms with Gasteiger partial charge in [-0.2, -0.15) is 4.31 Å². The summed E-state index contributed by atoms with van der Waals surface area (Å²) in [7, 11) is -2.30. The summed E-state index contributed by atoms with van der Waals surface area (Å²) in [5.41, 5.74) is 1.80. The minimum Gasteiger partial charge on any atom is -0.380 e. The summed E-state index contributed by atoms with van der Waals surface area (Å²) in [5, 5.41) is 10.8. The first-order chi connectivity index (χ1) is 9.87. The van der Waals surface area contributed by atoms with Crippen LogP contribution in [-0.2, 0) is 14.8 Å². The second-order valence-corrected chi connectivity index (χ2v) is 6.62. The first-order valence-electron chi connectivity index (χ1n) is 6.18. The lowest BCUT2D eigenvalue weighted by molar-refractivity contribution is -0.384. The maximum Gasteiger partial charge on any atom is 0.293 e. The molecule has 1 aromatic rings. The molecule has 3 N–H and O–H groups in total. The van der Waals surface area contributed by atoms with Gasteiger partial charge in [-0.1, -0.05) is 0 Å². The van der Waals surface area contributed by atoms with Crippen LogP contribution < -0.4 is 11.3 Å². The van der Waals surface area contributed by atoms with Gasteiger partial charge in [0.15, 0.2) is 0 Å². The Bertz CT molecular complexity index is 642. The third kappa shape index (κ3) is 2.97. The number of anilines is 1. The fourth-order valence-electron chi connectivity index (χ4n) is 2.12. The summed E-state index contributed by atoms with van der Waals surface area (Å²) >= 11 is 0. The molecule has 2 rings (SSSR count). The molecule has 1 aliphatic rings. The minimum absolute atomic E-state index is 0.0582. The molecule has 1 fully saturated rings. The second-order valence-electron chi connectivity index (χ2n) is 4.62. The summed E-state index contributed by atoms with van der Waals surface area (Å²) < 4.78 is 31.4. The highest BCUT2D eigenvalue weighted by atomic mass is 32.2. The number of likely N-dealkylation sites (N-methyl/N-ethyl adjacent to an activating group) is 1. The van der Waals surface area contributed by atoms with Gasteiger partial charge in [0.25, 0.3) is 5.69 Å². The highest BCUT2D eigenvalue weighted by Crippen LogP contribution is 2.29. The molecule has 1 aromatic carbocycles. The third-order valence-electron chi connectivity index (χ3n) is 3.42.